The molecule has 4 aromatic rings. The highest BCUT2D eigenvalue weighted by molar-refractivity contribution is 7.13. The fourth-order valence-electron chi connectivity index (χ4n) is 2.78. The number of benzene rings is 2. The molecule has 0 bridgehead atoms. The molecule has 0 fully saturated rings. The van der Waals surface area contributed by atoms with Crippen LogP contribution in [0.25, 0.3) is 21.8 Å². The van der Waals surface area contributed by atoms with Gasteiger partial charge in [0.2, 0.25) is 5.91 Å². The molecule has 138 valence electrons. The summed E-state index contributed by atoms with van der Waals surface area (Å²) in [6, 6.07) is 18.9. The lowest BCUT2D eigenvalue weighted by Crippen LogP contribution is -2.14. The van der Waals surface area contributed by atoms with Crippen LogP contribution in [0, 0.1) is 0 Å². The Morgan fingerprint density at radius 1 is 1.04 bits per heavy atom. The highest BCUT2D eigenvalue weighted by Crippen LogP contribution is 2.29. The molecule has 0 saturated carbocycles. The van der Waals surface area contributed by atoms with Gasteiger partial charge in [0.1, 0.15) is 5.01 Å². The maximum atomic E-state index is 12.3. The summed E-state index contributed by atoms with van der Waals surface area (Å²) in [6.07, 6.45) is 3.84. The van der Waals surface area contributed by atoms with Crippen LogP contribution in [0.4, 0.5) is 5.69 Å². The molecule has 2 aromatic heterocycles. The largest absolute Gasteiger partial charge is 0.326 e. The molecule has 6 heteroatoms. The molecule has 1 N–H and O–H groups in total. The third kappa shape index (κ3) is 4.44. The van der Waals surface area contributed by atoms with E-state index in [1.54, 1.807) is 35.9 Å². The maximum Gasteiger partial charge on any atom is 0.228 e. The van der Waals surface area contributed by atoms with Gasteiger partial charge in [-0.15, -0.1) is 11.3 Å². The summed E-state index contributed by atoms with van der Waals surface area (Å²) in [7, 11) is 0. The van der Waals surface area contributed by atoms with Crippen molar-refractivity contribution in [3.8, 4) is 21.8 Å². The summed E-state index contributed by atoms with van der Waals surface area (Å²) in [6.45, 7) is 0. The second-order valence-corrected chi connectivity index (χ2v) is 7.51. The number of nitrogens with zero attached hydrogens (tertiary/aromatic N) is 2. The van der Waals surface area contributed by atoms with E-state index in [0.29, 0.717) is 11.4 Å². The number of thiazole rings is 1. The average Bonchev–Trinajstić information content (AvgIpc) is 3.21. The van der Waals surface area contributed by atoms with E-state index >= 15 is 0 Å². The zero-order valence-corrected chi connectivity index (χ0v) is 16.4. The van der Waals surface area contributed by atoms with Crippen molar-refractivity contribution in [1.29, 1.82) is 0 Å². The summed E-state index contributed by atoms with van der Waals surface area (Å²) in [5, 5.41) is 6.53. The van der Waals surface area contributed by atoms with E-state index in [-0.39, 0.29) is 5.91 Å². The van der Waals surface area contributed by atoms with Crippen LogP contribution >= 0.6 is 22.9 Å². The first-order valence-corrected chi connectivity index (χ1v) is 9.94. The molecule has 0 unspecified atom stereocenters. The standard InChI is InChI=1S/C22H16ClN3OS/c23-18-8-6-15(7-9-18)11-21(27)25-19-5-1-3-16(12-19)20-14-28-22(26-20)17-4-2-10-24-13-17/h1-10,12-14H,11H2,(H,25,27). The Balaban J connectivity index is 1.48. The van der Waals surface area contributed by atoms with E-state index in [9.17, 15) is 4.79 Å². The minimum Gasteiger partial charge on any atom is -0.326 e. The van der Waals surface area contributed by atoms with Crippen LogP contribution in [0.2, 0.25) is 5.02 Å². The number of aromatic nitrogens is 2. The Kier molecular flexibility index (Phi) is 5.46. The second kappa shape index (κ2) is 8.33. The first kappa shape index (κ1) is 18.3. The van der Waals surface area contributed by atoms with Crippen molar-refractivity contribution in [2.45, 2.75) is 6.42 Å². The molecule has 0 spiro atoms. The van der Waals surface area contributed by atoms with Crippen LogP contribution in [-0.4, -0.2) is 15.9 Å². The number of hydrogen-bond donors (Lipinski definition) is 1. The molecule has 0 radical (unpaired) electrons. The van der Waals surface area contributed by atoms with E-state index < -0.39 is 0 Å². The third-order valence-electron chi connectivity index (χ3n) is 4.13. The predicted molar refractivity (Wildman–Crippen MR) is 115 cm³/mol. The van der Waals surface area contributed by atoms with Crippen molar-refractivity contribution < 1.29 is 4.79 Å². The average molecular weight is 406 g/mol. The van der Waals surface area contributed by atoms with Gasteiger partial charge in [0.15, 0.2) is 0 Å². The zero-order chi connectivity index (χ0) is 19.3. The molecule has 4 nitrogen and oxygen atoms in total. The number of nitrogens with one attached hydrogen (secondary N) is 1. The number of anilines is 1. The number of rotatable bonds is 5. The van der Waals surface area contributed by atoms with Crippen LogP contribution in [0.3, 0.4) is 0 Å². The molecule has 0 saturated heterocycles. The number of halogens is 1. The van der Waals surface area contributed by atoms with E-state index in [4.69, 9.17) is 16.6 Å². The van der Waals surface area contributed by atoms with Gasteiger partial charge in [0, 0.05) is 39.6 Å². The van der Waals surface area contributed by atoms with Crippen molar-refractivity contribution in [1.82, 2.24) is 9.97 Å². The molecule has 1 amide bonds. The number of carbonyl (C=O) groups excluding carboxylic acids is 1. The van der Waals surface area contributed by atoms with E-state index in [1.165, 1.54) is 0 Å². The van der Waals surface area contributed by atoms with E-state index in [2.05, 4.69) is 10.3 Å². The summed E-state index contributed by atoms with van der Waals surface area (Å²) in [5.41, 5.74) is 4.48. The molecule has 2 heterocycles. The van der Waals surface area contributed by atoms with E-state index in [1.807, 2.05) is 53.9 Å². The van der Waals surface area contributed by atoms with Crippen LogP contribution in [0.1, 0.15) is 5.56 Å². The van der Waals surface area contributed by atoms with Gasteiger partial charge in [-0.25, -0.2) is 4.98 Å². The lowest BCUT2D eigenvalue weighted by molar-refractivity contribution is -0.115. The molecule has 2 aromatic carbocycles. The van der Waals surface area contributed by atoms with Crippen molar-refractivity contribution in [2.24, 2.45) is 0 Å². The maximum absolute atomic E-state index is 12.3. The monoisotopic (exact) mass is 405 g/mol. The third-order valence-corrected chi connectivity index (χ3v) is 5.28. The van der Waals surface area contributed by atoms with Gasteiger partial charge in [0.05, 0.1) is 12.1 Å². The number of carbonyl (C=O) groups is 1. The minimum absolute atomic E-state index is 0.0752. The van der Waals surface area contributed by atoms with Crippen molar-refractivity contribution in [3.63, 3.8) is 0 Å². The SMILES string of the molecule is O=C(Cc1ccc(Cl)cc1)Nc1cccc(-c2csc(-c3cccnc3)n2)c1. The summed E-state index contributed by atoms with van der Waals surface area (Å²) in [4.78, 5) is 21.2. The summed E-state index contributed by atoms with van der Waals surface area (Å²) >= 11 is 7.46. The molecule has 28 heavy (non-hydrogen) atoms. The van der Waals surface area contributed by atoms with Crippen LogP contribution in [-0.2, 0) is 11.2 Å². The fourth-order valence-corrected chi connectivity index (χ4v) is 3.72. The first-order valence-electron chi connectivity index (χ1n) is 8.68. The molecule has 0 aliphatic rings. The lowest BCUT2D eigenvalue weighted by Gasteiger charge is -2.07. The fraction of sp³-hybridized carbons (Fsp3) is 0.0455. The molecule has 4 rings (SSSR count). The highest BCUT2D eigenvalue weighted by Gasteiger charge is 2.09. The predicted octanol–water partition coefficient (Wildman–Crippen LogP) is 5.71. The molecule has 0 aliphatic heterocycles. The zero-order valence-electron chi connectivity index (χ0n) is 14.8. The van der Waals surface area contributed by atoms with Gasteiger partial charge in [-0.1, -0.05) is 35.9 Å². The number of pyridine rings is 1. The Morgan fingerprint density at radius 3 is 2.64 bits per heavy atom. The topological polar surface area (TPSA) is 54.9 Å². The second-order valence-electron chi connectivity index (χ2n) is 6.21. The quantitative estimate of drug-likeness (QED) is 0.463. The summed E-state index contributed by atoms with van der Waals surface area (Å²) < 4.78 is 0. The molecular formula is C22H16ClN3OS. The first-order chi connectivity index (χ1) is 13.7. The van der Waals surface area contributed by atoms with Crippen molar-refractivity contribution in [2.75, 3.05) is 5.32 Å². The van der Waals surface area contributed by atoms with Gasteiger partial charge < -0.3 is 5.32 Å². The normalized spacial score (nSPS) is 10.6. The smallest absolute Gasteiger partial charge is 0.228 e. The summed E-state index contributed by atoms with van der Waals surface area (Å²) in [5.74, 6) is -0.0752. The molecule has 0 aliphatic carbocycles. The Morgan fingerprint density at radius 2 is 1.86 bits per heavy atom. The number of hydrogen-bond acceptors (Lipinski definition) is 4. The van der Waals surface area contributed by atoms with Gasteiger partial charge in [-0.3, -0.25) is 9.78 Å². The Hall–Kier alpha value is -3.02. The minimum atomic E-state index is -0.0752. The van der Waals surface area contributed by atoms with Crippen LogP contribution in [0.15, 0.2) is 78.4 Å². The Labute approximate surface area is 171 Å². The van der Waals surface area contributed by atoms with Gasteiger partial charge in [-0.2, -0.15) is 0 Å². The van der Waals surface area contributed by atoms with Crippen LogP contribution < -0.4 is 5.32 Å². The molecular weight excluding hydrogens is 390 g/mol. The Bertz CT molecular complexity index is 1090. The van der Waals surface area contributed by atoms with Gasteiger partial charge in [0.25, 0.3) is 0 Å². The van der Waals surface area contributed by atoms with Crippen LogP contribution in [0.5, 0.6) is 0 Å². The van der Waals surface area contributed by atoms with Gasteiger partial charge >= 0.3 is 0 Å². The lowest BCUT2D eigenvalue weighted by atomic mass is 10.1. The molecule has 0 atom stereocenters. The highest BCUT2D eigenvalue weighted by atomic mass is 35.5. The van der Waals surface area contributed by atoms with Crippen molar-refractivity contribution in [3.05, 3.63) is 89.0 Å². The number of amides is 1. The van der Waals surface area contributed by atoms with E-state index in [0.717, 1.165) is 33.1 Å². The van der Waals surface area contributed by atoms with Crippen molar-refractivity contribution >= 4 is 34.5 Å². The van der Waals surface area contributed by atoms with Gasteiger partial charge in [-0.05, 0) is 42.0 Å².